The summed E-state index contributed by atoms with van der Waals surface area (Å²) in [5.74, 6) is -0.205. The van der Waals surface area contributed by atoms with Crippen molar-refractivity contribution < 1.29 is 14.7 Å². The van der Waals surface area contributed by atoms with E-state index in [-0.39, 0.29) is 19.1 Å². The number of amides is 1. The van der Waals surface area contributed by atoms with Crippen LogP contribution in [-0.4, -0.2) is 35.3 Å². The minimum absolute atomic E-state index is 0.189. The van der Waals surface area contributed by atoms with Crippen LogP contribution in [0.3, 0.4) is 0 Å². The molecule has 1 aromatic rings. The van der Waals surface area contributed by atoms with E-state index < -0.39 is 6.10 Å². The number of hydroxylamine groups is 2. The molecule has 6 heteroatoms. The number of aliphatic hydroxyl groups is 1. The molecule has 1 aromatic heterocycles. The van der Waals surface area contributed by atoms with E-state index in [1.54, 1.807) is 0 Å². The maximum absolute atomic E-state index is 11.7. The van der Waals surface area contributed by atoms with Gasteiger partial charge in [-0.1, -0.05) is 0 Å². The van der Waals surface area contributed by atoms with E-state index in [0.29, 0.717) is 4.88 Å². The quantitative estimate of drug-likeness (QED) is 0.841. The average Bonchev–Trinajstić information content (AvgIpc) is 2.73. The lowest BCUT2D eigenvalue weighted by atomic mass is 10.4. The van der Waals surface area contributed by atoms with Crippen LogP contribution in [-0.2, 0) is 4.84 Å². The summed E-state index contributed by atoms with van der Waals surface area (Å²) in [6.45, 7) is 0.428. The number of carbonyl (C=O) groups is 1. The molecule has 1 amide bonds. The lowest BCUT2D eigenvalue weighted by molar-refractivity contribution is -0.0777. The van der Waals surface area contributed by atoms with Crippen LogP contribution in [0.2, 0.25) is 0 Å². The molecule has 0 radical (unpaired) electrons. The number of hydrogen-bond acceptors (Lipinski definition) is 4. The summed E-state index contributed by atoms with van der Waals surface area (Å²) < 4.78 is 0.762. The van der Waals surface area contributed by atoms with Gasteiger partial charge in [0.2, 0.25) is 0 Å². The summed E-state index contributed by atoms with van der Waals surface area (Å²) in [6, 6.07) is 1.81. The monoisotopic (exact) mass is 277 g/mol. The van der Waals surface area contributed by atoms with E-state index in [4.69, 9.17) is 4.84 Å². The molecule has 4 nitrogen and oxygen atoms in total. The van der Waals surface area contributed by atoms with Crippen LogP contribution < -0.4 is 0 Å². The lowest BCUT2D eigenvalue weighted by Crippen LogP contribution is -2.27. The maximum Gasteiger partial charge on any atom is 0.288 e. The standard InChI is InChI=1S/C8H8BrNO3S/c9-6-1-2-14-7(6)8(12)10-3-5(11)4-13-10/h1-2,5,11H,3-4H2/t5-/m0/s1. The van der Waals surface area contributed by atoms with Crippen LogP contribution in [0, 0.1) is 0 Å². The first-order chi connectivity index (χ1) is 6.68. The Morgan fingerprint density at radius 2 is 2.57 bits per heavy atom. The molecule has 2 rings (SSSR count). The number of nitrogens with zero attached hydrogens (tertiary/aromatic N) is 1. The van der Waals surface area contributed by atoms with E-state index in [1.165, 1.54) is 16.4 Å². The van der Waals surface area contributed by atoms with Crippen molar-refractivity contribution in [2.75, 3.05) is 13.2 Å². The second-order valence-corrected chi connectivity index (χ2v) is 4.68. The smallest absolute Gasteiger partial charge is 0.288 e. The highest BCUT2D eigenvalue weighted by Crippen LogP contribution is 2.25. The first-order valence-electron chi connectivity index (χ1n) is 4.04. The number of β-amino-alcohol motifs (C(OH)–C–C–N with tert-alkyl or cyclic N) is 1. The highest BCUT2D eigenvalue weighted by atomic mass is 79.9. The Morgan fingerprint density at radius 3 is 3.07 bits per heavy atom. The molecule has 0 spiro atoms. The molecular formula is C8H8BrNO3S. The first kappa shape index (κ1) is 10.1. The van der Waals surface area contributed by atoms with Gasteiger partial charge in [-0.3, -0.25) is 9.63 Å². The number of carbonyl (C=O) groups excluding carboxylic acids is 1. The average molecular weight is 278 g/mol. The van der Waals surface area contributed by atoms with Crippen LogP contribution in [0.25, 0.3) is 0 Å². The van der Waals surface area contributed by atoms with Gasteiger partial charge in [0, 0.05) is 4.47 Å². The van der Waals surface area contributed by atoms with Gasteiger partial charge in [-0.2, -0.15) is 0 Å². The van der Waals surface area contributed by atoms with Crippen molar-refractivity contribution in [3.05, 3.63) is 20.8 Å². The van der Waals surface area contributed by atoms with Gasteiger partial charge in [-0.25, -0.2) is 5.06 Å². The molecule has 0 aliphatic carbocycles. The number of halogens is 1. The van der Waals surface area contributed by atoms with Crippen LogP contribution in [0.4, 0.5) is 0 Å². The van der Waals surface area contributed by atoms with Gasteiger partial charge in [0.05, 0.1) is 6.54 Å². The molecule has 1 aliphatic rings. The topological polar surface area (TPSA) is 49.8 Å². The molecular weight excluding hydrogens is 270 g/mol. The van der Waals surface area contributed by atoms with Crippen molar-refractivity contribution in [3.63, 3.8) is 0 Å². The number of thiophene rings is 1. The minimum atomic E-state index is -0.572. The fraction of sp³-hybridized carbons (Fsp3) is 0.375. The lowest BCUT2D eigenvalue weighted by Gasteiger charge is -2.12. The van der Waals surface area contributed by atoms with Gasteiger partial charge in [-0.15, -0.1) is 11.3 Å². The summed E-state index contributed by atoms with van der Waals surface area (Å²) in [4.78, 5) is 17.4. The normalized spacial score (nSPS) is 21.6. The SMILES string of the molecule is O=C(c1sccc1Br)N1C[C@H](O)CO1. The fourth-order valence-electron chi connectivity index (χ4n) is 1.17. The zero-order chi connectivity index (χ0) is 10.1. The third-order valence-electron chi connectivity index (χ3n) is 1.84. The Labute approximate surface area is 93.2 Å². The Hall–Kier alpha value is -0.430. The largest absolute Gasteiger partial charge is 0.389 e. The molecule has 0 saturated carbocycles. The predicted molar refractivity (Wildman–Crippen MR) is 55.0 cm³/mol. The maximum atomic E-state index is 11.7. The highest BCUT2D eigenvalue weighted by molar-refractivity contribution is 9.10. The third kappa shape index (κ3) is 1.83. The van der Waals surface area contributed by atoms with Gasteiger partial charge >= 0.3 is 0 Å². The van der Waals surface area contributed by atoms with Crippen LogP contribution in [0.5, 0.6) is 0 Å². The Kier molecular flexibility index (Phi) is 2.87. The van der Waals surface area contributed by atoms with E-state index in [0.717, 1.165) is 4.47 Å². The highest BCUT2D eigenvalue weighted by Gasteiger charge is 2.28. The van der Waals surface area contributed by atoms with Crippen molar-refractivity contribution >= 4 is 33.2 Å². The van der Waals surface area contributed by atoms with Crippen LogP contribution >= 0.6 is 27.3 Å². The zero-order valence-electron chi connectivity index (χ0n) is 7.14. The molecule has 1 atom stereocenters. The van der Waals surface area contributed by atoms with E-state index in [2.05, 4.69) is 15.9 Å². The van der Waals surface area contributed by atoms with Gasteiger partial charge in [-0.05, 0) is 27.4 Å². The minimum Gasteiger partial charge on any atom is -0.389 e. The van der Waals surface area contributed by atoms with Gasteiger partial charge in [0.15, 0.2) is 0 Å². The Morgan fingerprint density at radius 1 is 1.79 bits per heavy atom. The number of hydrogen-bond donors (Lipinski definition) is 1. The molecule has 2 heterocycles. The second-order valence-electron chi connectivity index (χ2n) is 2.91. The molecule has 0 aromatic carbocycles. The summed E-state index contributed by atoms with van der Waals surface area (Å²) in [6.07, 6.45) is -0.572. The molecule has 76 valence electrons. The summed E-state index contributed by atoms with van der Waals surface area (Å²) >= 11 is 4.62. The number of rotatable bonds is 1. The third-order valence-corrected chi connectivity index (χ3v) is 3.66. The van der Waals surface area contributed by atoms with Crippen molar-refractivity contribution in [2.45, 2.75) is 6.10 Å². The number of aliphatic hydroxyl groups excluding tert-OH is 1. The van der Waals surface area contributed by atoms with Crippen LogP contribution in [0.15, 0.2) is 15.9 Å². The fourth-order valence-corrected chi connectivity index (χ4v) is 2.65. The molecule has 0 unspecified atom stereocenters. The van der Waals surface area contributed by atoms with Crippen molar-refractivity contribution in [3.8, 4) is 0 Å². The Balaban J connectivity index is 2.13. The molecule has 1 saturated heterocycles. The van der Waals surface area contributed by atoms with Gasteiger partial charge < -0.3 is 5.11 Å². The molecule has 1 aliphatic heterocycles. The second kappa shape index (κ2) is 3.98. The summed E-state index contributed by atoms with van der Waals surface area (Å²) in [5.41, 5.74) is 0. The van der Waals surface area contributed by atoms with E-state index >= 15 is 0 Å². The molecule has 1 N–H and O–H groups in total. The van der Waals surface area contributed by atoms with Crippen molar-refractivity contribution in [1.29, 1.82) is 0 Å². The van der Waals surface area contributed by atoms with Crippen molar-refractivity contribution in [2.24, 2.45) is 0 Å². The van der Waals surface area contributed by atoms with Gasteiger partial charge in [0.1, 0.15) is 17.6 Å². The molecule has 0 bridgehead atoms. The Bertz CT molecular complexity index is 354. The van der Waals surface area contributed by atoms with Crippen molar-refractivity contribution in [1.82, 2.24) is 5.06 Å². The summed E-state index contributed by atoms with van der Waals surface area (Å²) in [5, 5.41) is 12.2. The predicted octanol–water partition coefficient (Wildman–Crippen LogP) is 1.26. The zero-order valence-corrected chi connectivity index (χ0v) is 9.55. The van der Waals surface area contributed by atoms with Gasteiger partial charge in [0.25, 0.3) is 5.91 Å². The van der Waals surface area contributed by atoms with E-state index in [9.17, 15) is 9.90 Å². The van der Waals surface area contributed by atoms with E-state index in [1.807, 2.05) is 11.4 Å². The molecule has 1 fully saturated rings. The van der Waals surface area contributed by atoms with Crippen LogP contribution in [0.1, 0.15) is 9.67 Å². The molecule has 14 heavy (non-hydrogen) atoms. The summed E-state index contributed by atoms with van der Waals surface area (Å²) in [7, 11) is 0. The first-order valence-corrected chi connectivity index (χ1v) is 5.71.